The molecule has 0 aliphatic heterocycles. The van der Waals surface area contributed by atoms with Gasteiger partial charge in [-0.2, -0.15) is 0 Å². The Labute approximate surface area is 205 Å². The molecule has 0 bridgehead atoms. The lowest BCUT2D eigenvalue weighted by atomic mass is 10.1. The number of nitrogens with one attached hydrogen (secondary N) is 2. The summed E-state index contributed by atoms with van der Waals surface area (Å²) >= 11 is 1.25. The first-order valence-electron chi connectivity index (χ1n) is 10.2. The number of ether oxygens (including phenoxy) is 5. The molecule has 0 atom stereocenters. The van der Waals surface area contributed by atoms with Crippen LogP contribution in [0.2, 0.25) is 0 Å². The molecule has 3 aromatic rings. The topological polar surface area (TPSA) is 121 Å². The fraction of sp³-hybridized carbons (Fsp3) is 0.208. The molecule has 0 spiro atoms. The van der Waals surface area contributed by atoms with Crippen LogP contribution in [0.1, 0.15) is 20.0 Å². The summed E-state index contributed by atoms with van der Waals surface area (Å²) in [6.07, 6.45) is 0. The average Bonchev–Trinajstić information content (AvgIpc) is 3.42. The molecule has 2 N–H and O–H groups in total. The first-order valence-corrected chi connectivity index (χ1v) is 11.1. The Balaban J connectivity index is 1.76. The van der Waals surface area contributed by atoms with Gasteiger partial charge in [0.15, 0.2) is 18.1 Å². The number of carbonyl (C=O) groups is 3. The maximum atomic E-state index is 12.9. The van der Waals surface area contributed by atoms with Crippen molar-refractivity contribution in [1.29, 1.82) is 0 Å². The molecular formula is C24H24N2O8S. The van der Waals surface area contributed by atoms with Gasteiger partial charge < -0.3 is 34.3 Å². The molecule has 0 unspecified atom stereocenters. The van der Waals surface area contributed by atoms with Gasteiger partial charge in [-0.15, -0.1) is 11.3 Å². The molecule has 0 saturated carbocycles. The lowest BCUT2D eigenvalue weighted by Gasteiger charge is -2.15. The van der Waals surface area contributed by atoms with Crippen molar-refractivity contribution in [2.24, 2.45) is 0 Å². The molecule has 0 saturated heterocycles. The summed E-state index contributed by atoms with van der Waals surface area (Å²) in [4.78, 5) is 38.3. The quantitative estimate of drug-likeness (QED) is 0.403. The van der Waals surface area contributed by atoms with E-state index in [-0.39, 0.29) is 17.0 Å². The summed E-state index contributed by atoms with van der Waals surface area (Å²) < 4.78 is 26.1. The number of rotatable bonds is 10. The van der Waals surface area contributed by atoms with Crippen molar-refractivity contribution in [2.45, 2.75) is 0 Å². The fourth-order valence-corrected chi connectivity index (χ4v) is 3.66. The molecule has 35 heavy (non-hydrogen) atoms. The van der Waals surface area contributed by atoms with Crippen molar-refractivity contribution in [3.8, 4) is 23.0 Å². The van der Waals surface area contributed by atoms with Crippen LogP contribution in [0.15, 0.2) is 47.8 Å². The monoisotopic (exact) mass is 500 g/mol. The van der Waals surface area contributed by atoms with Gasteiger partial charge in [0.25, 0.3) is 11.8 Å². The van der Waals surface area contributed by atoms with E-state index in [9.17, 15) is 14.4 Å². The molecular weight excluding hydrogens is 476 g/mol. The standard InChI is InChI=1S/C24H24N2O8S/c1-30-14-7-8-16(18(10-14)31-2)25-22(27)13-34-24(29)15-11-19(32-3)20(33-4)12-17(15)26-23(28)21-6-5-9-35-21/h5-12H,13H2,1-4H3,(H,25,27)(H,26,28). The third kappa shape index (κ3) is 6.21. The van der Waals surface area contributed by atoms with E-state index in [1.807, 2.05) is 0 Å². The van der Waals surface area contributed by atoms with Gasteiger partial charge in [0.1, 0.15) is 11.5 Å². The maximum Gasteiger partial charge on any atom is 0.340 e. The second kappa shape index (κ2) is 11.7. The average molecular weight is 501 g/mol. The van der Waals surface area contributed by atoms with Crippen LogP contribution < -0.4 is 29.6 Å². The second-order valence-corrected chi connectivity index (χ2v) is 7.82. The predicted molar refractivity (Wildman–Crippen MR) is 130 cm³/mol. The van der Waals surface area contributed by atoms with Crippen LogP contribution in [-0.2, 0) is 9.53 Å². The number of anilines is 2. The van der Waals surface area contributed by atoms with Gasteiger partial charge in [0, 0.05) is 18.2 Å². The second-order valence-electron chi connectivity index (χ2n) is 6.87. The van der Waals surface area contributed by atoms with Gasteiger partial charge in [-0.3, -0.25) is 9.59 Å². The Kier molecular flexibility index (Phi) is 8.52. The number of hydrogen-bond donors (Lipinski definition) is 2. The summed E-state index contributed by atoms with van der Waals surface area (Å²) in [5, 5.41) is 7.05. The van der Waals surface area contributed by atoms with Gasteiger partial charge in [-0.05, 0) is 23.6 Å². The van der Waals surface area contributed by atoms with Crippen LogP contribution in [0.3, 0.4) is 0 Å². The molecule has 0 aliphatic rings. The van der Waals surface area contributed by atoms with Crippen LogP contribution >= 0.6 is 11.3 Å². The van der Waals surface area contributed by atoms with Crippen molar-refractivity contribution in [2.75, 3.05) is 45.7 Å². The van der Waals surface area contributed by atoms with E-state index in [1.54, 1.807) is 35.7 Å². The van der Waals surface area contributed by atoms with E-state index in [2.05, 4.69) is 10.6 Å². The van der Waals surface area contributed by atoms with Crippen LogP contribution in [0.4, 0.5) is 11.4 Å². The number of hydrogen-bond acceptors (Lipinski definition) is 9. The molecule has 3 rings (SSSR count). The molecule has 11 heteroatoms. The number of methoxy groups -OCH3 is 4. The zero-order valence-electron chi connectivity index (χ0n) is 19.5. The lowest BCUT2D eigenvalue weighted by Crippen LogP contribution is -2.22. The molecule has 0 fully saturated rings. The van der Waals surface area contributed by atoms with E-state index in [4.69, 9.17) is 23.7 Å². The minimum absolute atomic E-state index is 0.0117. The number of esters is 1. The molecule has 2 amide bonds. The third-order valence-corrected chi connectivity index (χ3v) is 5.62. The van der Waals surface area contributed by atoms with E-state index in [1.165, 1.54) is 51.9 Å². The highest BCUT2D eigenvalue weighted by atomic mass is 32.1. The number of benzene rings is 2. The van der Waals surface area contributed by atoms with Crippen molar-refractivity contribution < 1.29 is 38.1 Å². The number of thiophene rings is 1. The van der Waals surface area contributed by atoms with Crippen molar-refractivity contribution in [3.05, 3.63) is 58.3 Å². The smallest absolute Gasteiger partial charge is 0.340 e. The Bertz CT molecular complexity index is 1210. The Hall–Kier alpha value is -4.25. The Morgan fingerprint density at radius 2 is 1.51 bits per heavy atom. The molecule has 0 radical (unpaired) electrons. The highest BCUT2D eigenvalue weighted by molar-refractivity contribution is 7.12. The maximum absolute atomic E-state index is 12.9. The van der Waals surface area contributed by atoms with Crippen LogP contribution in [0, 0.1) is 0 Å². The van der Waals surface area contributed by atoms with Crippen molar-refractivity contribution in [1.82, 2.24) is 0 Å². The number of carbonyl (C=O) groups excluding carboxylic acids is 3. The van der Waals surface area contributed by atoms with E-state index in [0.29, 0.717) is 27.8 Å². The summed E-state index contributed by atoms with van der Waals surface area (Å²) in [5.74, 6) is -0.364. The van der Waals surface area contributed by atoms with E-state index >= 15 is 0 Å². The minimum Gasteiger partial charge on any atom is -0.497 e. The summed E-state index contributed by atoms with van der Waals surface area (Å²) in [6.45, 7) is -0.583. The summed E-state index contributed by atoms with van der Waals surface area (Å²) in [7, 11) is 5.80. The van der Waals surface area contributed by atoms with Crippen molar-refractivity contribution in [3.63, 3.8) is 0 Å². The SMILES string of the molecule is COc1ccc(NC(=O)COC(=O)c2cc(OC)c(OC)cc2NC(=O)c2cccs2)c(OC)c1. The zero-order valence-corrected chi connectivity index (χ0v) is 20.3. The lowest BCUT2D eigenvalue weighted by molar-refractivity contribution is -0.119. The summed E-state index contributed by atoms with van der Waals surface area (Å²) in [6, 6.07) is 11.1. The predicted octanol–water partition coefficient (Wildman–Crippen LogP) is 3.83. The number of amides is 2. The fourth-order valence-electron chi connectivity index (χ4n) is 3.04. The molecule has 184 valence electrons. The highest BCUT2D eigenvalue weighted by Crippen LogP contribution is 2.34. The zero-order chi connectivity index (χ0) is 25.4. The van der Waals surface area contributed by atoms with Gasteiger partial charge in [0.05, 0.1) is 50.3 Å². The normalized spacial score (nSPS) is 10.2. The molecule has 1 heterocycles. The Morgan fingerprint density at radius 1 is 0.800 bits per heavy atom. The van der Waals surface area contributed by atoms with Crippen LogP contribution in [0.25, 0.3) is 0 Å². The van der Waals surface area contributed by atoms with Gasteiger partial charge >= 0.3 is 5.97 Å². The molecule has 0 aliphatic carbocycles. The minimum atomic E-state index is -0.843. The van der Waals surface area contributed by atoms with E-state index in [0.717, 1.165) is 0 Å². The third-order valence-electron chi connectivity index (χ3n) is 4.75. The Morgan fingerprint density at radius 3 is 2.14 bits per heavy atom. The first-order chi connectivity index (χ1) is 16.9. The van der Waals surface area contributed by atoms with Crippen LogP contribution in [0.5, 0.6) is 23.0 Å². The summed E-state index contributed by atoms with van der Waals surface area (Å²) in [5.41, 5.74) is 0.509. The van der Waals surface area contributed by atoms with Gasteiger partial charge in [-0.25, -0.2) is 4.79 Å². The molecule has 1 aromatic heterocycles. The molecule has 2 aromatic carbocycles. The molecule has 10 nitrogen and oxygen atoms in total. The van der Waals surface area contributed by atoms with Crippen molar-refractivity contribution >= 4 is 40.5 Å². The van der Waals surface area contributed by atoms with Gasteiger partial charge in [0.2, 0.25) is 0 Å². The van der Waals surface area contributed by atoms with Crippen LogP contribution in [-0.4, -0.2) is 52.8 Å². The van der Waals surface area contributed by atoms with E-state index < -0.39 is 24.4 Å². The highest BCUT2D eigenvalue weighted by Gasteiger charge is 2.21. The largest absolute Gasteiger partial charge is 0.497 e. The first kappa shape index (κ1) is 25.4. The van der Waals surface area contributed by atoms with Gasteiger partial charge in [-0.1, -0.05) is 6.07 Å².